The number of rotatable bonds is 6. The van der Waals surface area contributed by atoms with Crippen molar-refractivity contribution in [1.29, 1.82) is 0 Å². The molecule has 0 saturated carbocycles. The van der Waals surface area contributed by atoms with Crippen molar-refractivity contribution in [2.24, 2.45) is 0 Å². The Kier molecular flexibility index (Phi) is 6.10. The van der Waals surface area contributed by atoms with E-state index in [-0.39, 0.29) is 11.3 Å². The zero-order valence-electron chi connectivity index (χ0n) is 15.1. The molecule has 0 aliphatic rings. The first-order valence-corrected chi connectivity index (χ1v) is 9.58. The number of aryl methyl sites for hydroxylation is 1. The van der Waals surface area contributed by atoms with Gasteiger partial charge < -0.3 is 9.84 Å². The summed E-state index contributed by atoms with van der Waals surface area (Å²) < 4.78 is 5.44. The van der Waals surface area contributed by atoms with E-state index in [2.05, 4.69) is 49.6 Å². The number of hydrogen-bond donors (Lipinski definition) is 1. The fraction of sp³-hybridized carbons (Fsp3) is 0.474. The van der Waals surface area contributed by atoms with Gasteiger partial charge in [0.05, 0.1) is 5.69 Å². The standard InChI is InChI=1S/C19H26N2O2S/c1-13-16(18(22)20-11-6-12-24-5)17(23-21-13)14-7-9-15(10-8-14)19(2,3)4/h7-10H,6,11-12H2,1-5H3,(H,20,22). The van der Waals surface area contributed by atoms with Crippen molar-refractivity contribution in [3.05, 3.63) is 41.1 Å². The molecule has 2 aromatic rings. The number of aromatic nitrogens is 1. The van der Waals surface area contributed by atoms with Crippen LogP contribution in [0, 0.1) is 6.92 Å². The van der Waals surface area contributed by atoms with E-state index < -0.39 is 0 Å². The van der Waals surface area contributed by atoms with Gasteiger partial charge in [0.25, 0.3) is 5.91 Å². The first-order valence-electron chi connectivity index (χ1n) is 8.19. The second-order valence-electron chi connectivity index (χ2n) is 6.90. The van der Waals surface area contributed by atoms with Crippen LogP contribution in [0.5, 0.6) is 0 Å². The van der Waals surface area contributed by atoms with E-state index in [1.807, 2.05) is 12.1 Å². The van der Waals surface area contributed by atoms with E-state index in [0.29, 0.717) is 23.6 Å². The fourth-order valence-corrected chi connectivity index (χ4v) is 2.90. The molecule has 0 spiro atoms. The summed E-state index contributed by atoms with van der Waals surface area (Å²) >= 11 is 1.77. The second-order valence-corrected chi connectivity index (χ2v) is 7.89. The molecule has 0 bridgehead atoms. The molecule has 24 heavy (non-hydrogen) atoms. The van der Waals surface area contributed by atoms with Crippen molar-refractivity contribution in [1.82, 2.24) is 10.5 Å². The van der Waals surface area contributed by atoms with Crippen molar-refractivity contribution >= 4 is 17.7 Å². The maximum atomic E-state index is 12.5. The molecule has 0 unspecified atom stereocenters. The van der Waals surface area contributed by atoms with E-state index in [4.69, 9.17) is 4.52 Å². The molecule has 1 aromatic carbocycles. The number of nitrogens with zero attached hydrogens (tertiary/aromatic N) is 1. The highest BCUT2D eigenvalue weighted by Gasteiger charge is 2.22. The average molecular weight is 346 g/mol. The summed E-state index contributed by atoms with van der Waals surface area (Å²) in [7, 11) is 0. The van der Waals surface area contributed by atoms with Gasteiger partial charge in [0, 0.05) is 12.1 Å². The fourth-order valence-electron chi connectivity index (χ4n) is 2.46. The van der Waals surface area contributed by atoms with Crippen LogP contribution in [-0.4, -0.2) is 29.6 Å². The number of amides is 1. The summed E-state index contributed by atoms with van der Waals surface area (Å²) in [5.41, 5.74) is 3.35. The third-order valence-corrected chi connectivity index (χ3v) is 4.61. The lowest BCUT2D eigenvalue weighted by molar-refractivity contribution is 0.0953. The van der Waals surface area contributed by atoms with Crippen LogP contribution in [-0.2, 0) is 5.41 Å². The Balaban J connectivity index is 2.21. The van der Waals surface area contributed by atoms with Crippen LogP contribution in [0.25, 0.3) is 11.3 Å². The van der Waals surface area contributed by atoms with Gasteiger partial charge in [-0.2, -0.15) is 11.8 Å². The number of hydrogen-bond acceptors (Lipinski definition) is 4. The van der Waals surface area contributed by atoms with Gasteiger partial charge in [0.1, 0.15) is 5.56 Å². The van der Waals surface area contributed by atoms with E-state index >= 15 is 0 Å². The summed E-state index contributed by atoms with van der Waals surface area (Å²) in [6.45, 7) is 8.98. The third-order valence-electron chi connectivity index (χ3n) is 3.91. The van der Waals surface area contributed by atoms with Gasteiger partial charge in [0.2, 0.25) is 0 Å². The summed E-state index contributed by atoms with van der Waals surface area (Å²) in [5.74, 6) is 1.45. The Bertz CT molecular complexity index is 684. The minimum Gasteiger partial charge on any atom is -0.355 e. The van der Waals surface area contributed by atoms with E-state index in [0.717, 1.165) is 17.7 Å². The molecule has 4 nitrogen and oxygen atoms in total. The Labute approximate surface area is 148 Å². The van der Waals surface area contributed by atoms with E-state index in [1.165, 1.54) is 5.56 Å². The third kappa shape index (κ3) is 4.41. The lowest BCUT2D eigenvalue weighted by Crippen LogP contribution is -2.25. The summed E-state index contributed by atoms with van der Waals surface area (Å²) in [4.78, 5) is 12.5. The molecule has 130 valence electrons. The topological polar surface area (TPSA) is 55.1 Å². The SMILES string of the molecule is CSCCCNC(=O)c1c(C)noc1-c1ccc(C(C)(C)C)cc1. The predicted molar refractivity (Wildman–Crippen MR) is 101 cm³/mol. The van der Waals surface area contributed by atoms with Crippen molar-refractivity contribution in [3.8, 4) is 11.3 Å². The minimum atomic E-state index is -0.121. The molecule has 5 heteroatoms. The quantitative estimate of drug-likeness (QED) is 0.786. The van der Waals surface area contributed by atoms with Gasteiger partial charge >= 0.3 is 0 Å². The Morgan fingerprint density at radius 2 is 1.92 bits per heavy atom. The summed E-state index contributed by atoms with van der Waals surface area (Å²) in [6, 6.07) is 8.14. The van der Waals surface area contributed by atoms with Crippen LogP contribution in [0.3, 0.4) is 0 Å². The average Bonchev–Trinajstić information content (AvgIpc) is 2.92. The molecule has 0 atom stereocenters. The Hall–Kier alpha value is -1.75. The van der Waals surface area contributed by atoms with Gasteiger partial charge in [-0.1, -0.05) is 50.2 Å². The molecular weight excluding hydrogens is 320 g/mol. The van der Waals surface area contributed by atoms with Crippen molar-refractivity contribution in [3.63, 3.8) is 0 Å². The highest BCUT2D eigenvalue weighted by atomic mass is 32.2. The largest absolute Gasteiger partial charge is 0.355 e. The second kappa shape index (κ2) is 7.88. The van der Waals surface area contributed by atoms with Crippen LogP contribution in [0.4, 0.5) is 0 Å². The van der Waals surface area contributed by atoms with Gasteiger partial charge in [-0.25, -0.2) is 0 Å². The predicted octanol–water partition coefficient (Wildman–Crippen LogP) is 4.43. The number of nitrogens with one attached hydrogen (secondary N) is 1. The van der Waals surface area contributed by atoms with Crippen LogP contribution in [0.1, 0.15) is 48.8 Å². The highest BCUT2D eigenvalue weighted by molar-refractivity contribution is 7.98. The lowest BCUT2D eigenvalue weighted by Gasteiger charge is -2.18. The van der Waals surface area contributed by atoms with E-state index in [9.17, 15) is 4.79 Å². The molecule has 1 aromatic heterocycles. The first kappa shape index (κ1) is 18.6. The molecule has 0 aliphatic heterocycles. The van der Waals surface area contributed by atoms with Gasteiger partial charge in [-0.15, -0.1) is 0 Å². The zero-order valence-corrected chi connectivity index (χ0v) is 15.9. The molecule has 0 aliphatic carbocycles. The van der Waals surface area contributed by atoms with Gasteiger partial charge in [-0.3, -0.25) is 4.79 Å². The molecule has 2 rings (SSSR count). The van der Waals surface area contributed by atoms with Crippen molar-refractivity contribution < 1.29 is 9.32 Å². The Morgan fingerprint density at radius 1 is 1.25 bits per heavy atom. The van der Waals surface area contributed by atoms with Crippen LogP contribution >= 0.6 is 11.8 Å². The lowest BCUT2D eigenvalue weighted by atomic mass is 9.86. The molecular formula is C19H26N2O2S. The molecule has 1 N–H and O–H groups in total. The van der Waals surface area contributed by atoms with Crippen LogP contribution < -0.4 is 5.32 Å². The molecule has 0 saturated heterocycles. The summed E-state index contributed by atoms with van der Waals surface area (Å²) in [5, 5.41) is 6.94. The van der Waals surface area contributed by atoms with Gasteiger partial charge in [0.15, 0.2) is 5.76 Å². The normalized spacial score (nSPS) is 11.5. The maximum absolute atomic E-state index is 12.5. The van der Waals surface area contributed by atoms with Crippen LogP contribution in [0.2, 0.25) is 0 Å². The molecule has 1 amide bonds. The molecule has 1 heterocycles. The van der Waals surface area contributed by atoms with Crippen molar-refractivity contribution in [2.75, 3.05) is 18.6 Å². The molecule has 0 radical (unpaired) electrons. The highest BCUT2D eigenvalue weighted by Crippen LogP contribution is 2.29. The minimum absolute atomic E-state index is 0.0906. The monoisotopic (exact) mass is 346 g/mol. The van der Waals surface area contributed by atoms with Crippen molar-refractivity contribution in [2.45, 2.75) is 39.5 Å². The number of benzene rings is 1. The van der Waals surface area contributed by atoms with Gasteiger partial charge in [-0.05, 0) is 36.3 Å². The summed E-state index contributed by atoms with van der Waals surface area (Å²) in [6.07, 6.45) is 3.01. The zero-order chi connectivity index (χ0) is 17.7. The van der Waals surface area contributed by atoms with Crippen LogP contribution in [0.15, 0.2) is 28.8 Å². The first-order chi connectivity index (χ1) is 11.3. The number of thioether (sulfide) groups is 1. The maximum Gasteiger partial charge on any atom is 0.257 e. The number of carbonyl (C=O) groups excluding carboxylic acids is 1. The van der Waals surface area contributed by atoms with E-state index in [1.54, 1.807) is 18.7 Å². The Morgan fingerprint density at radius 3 is 2.50 bits per heavy atom. The number of carbonyl (C=O) groups is 1. The molecule has 0 fully saturated rings. The smallest absolute Gasteiger partial charge is 0.257 e.